The summed E-state index contributed by atoms with van der Waals surface area (Å²) in [5.41, 5.74) is 0. The number of thiazole rings is 1. The second-order valence-electron chi connectivity index (χ2n) is 2.87. The van der Waals surface area contributed by atoms with Gasteiger partial charge in [-0.25, -0.2) is 14.8 Å². The maximum atomic E-state index is 11.1. The van der Waals surface area contributed by atoms with Gasteiger partial charge < -0.3 is 9.84 Å². The van der Waals surface area contributed by atoms with E-state index in [0.717, 1.165) is 11.3 Å². The predicted molar refractivity (Wildman–Crippen MR) is 59.3 cm³/mol. The molecule has 90 valence electrons. The summed E-state index contributed by atoms with van der Waals surface area (Å²) >= 11 is 6.94. The van der Waals surface area contributed by atoms with Crippen molar-refractivity contribution < 1.29 is 14.6 Å². The van der Waals surface area contributed by atoms with Crippen LogP contribution in [0.5, 0.6) is 0 Å². The van der Waals surface area contributed by atoms with Crippen LogP contribution in [-0.4, -0.2) is 37.9 Å². The van der Waals surface area contributed by atoms with Crippen LogP contribution in [0.2, 0.25) is 5.15 Å². The van der Waals surface area contributed by atoms with Gasteiger partial charge in [-0.2, -0.15) is 4.68 Å². The Hall–Kier alpha value is -1.51. The van der Waals surface area contributed by atoms with Crippen LogP contribution in [0.3, 0.4) is 0 Å². The Morgan fingerprint density at radius 2 is 2.47 bits per heavy atom. The average molecular weight is 275 g/mol. The summed E-state index contributed by atoms with van der Waals surface area (Å²) in [5, 5.41) is 13.5. The highest BCUT2D eigenvalue weighted by Crippen LogP contribution is 2.25. The van der Waals surface area contributed by atoms with E-state index in [-0.39, 0.29) is 17.6 Å². The van der Waals surface area contributed by atoms with Crippen LogP contribution >= 0.6 is 22.9 Å². The van der Waals surface area contributed by atoms with Gasteiger partial charge in [0.15, 0.2) is 0 Å². The van der Waals surface area contributed by atoms with E-state index in [1.54, 1.807) is 0 Å². The number of carbonyl (C=O) groups is 1. The van der Waals surface area contributed by atoms with Crippen molar-refractivity contribution in [1.29, 1.82) is 0 Å². The third kappa shape index (κ3) is 2.28. The van der Waals surface area contributed by atoms with Gasteiger partial charge in [0, 0.05) is 0 Å². The monoisotopic (exact) mass is 274 g/mol. The first-order valence-electron chi connectivity index (χ1n) is 4.42. The van der Waals surface area contributed by atoms with Crippen molar-refractivity contribution in [2.24, 2.45) is 0 Å². The maximum Gasteiger partial charge on any atom is 0.377 e. The number of carbonyl (C=O) groups excluding carboxylic acids is 1. The van der Waals surface area contributed by atoms with Crippen molar-refractivity contribution in [3.05, 3.63) is 22.2 Å². The molecule has 7 nitrogen and oxygen atoms in total. The van der Waals surface area contributed by atoms with Crippen molar-refractivity contribution in [1.82, 2.24) is 19.7 Å². The Morgan fingerprint density at radius 1 is 1.71 bits per heavy atom. The largest absolute Gasteiger partial charge is 0.463 e. The lowest BCUT2D eigenvalue weighted by atomic mass is 10.6. The highest BCUT2D eigenvalue weighted by atomic mass is 35.5. The first kappa shape index (κ1) is 12.0. The molecule has 0 atom stereocenters. The lowest BCUT2D eigenvalue weighted by molar-refractivity contribution is 0.0587. The number of hydrogen-bond acceptors (Lipinski definition) is 7. The molecule has 2 heterocycles. The second kappa shape index (κ2) is 4.78. The van der Waals surface area contributed by atoms with Gasteiger partial charge in [-0.05, 0) is 0 Å². The quantitative estimate of drug-likeness (QED) is 0.827. The Balaban J connectivity index is 2.33. The number of aromatic nitrogens is 4. The summed E-state index contributed by atoms with van der Waals surface area (Å²) < 4.78 is 5.77. The van der Waals surface area contributed by atoms with Crippen LogP contribution in [0.1, 0.15) is 15.5 Å². The fourth-order valence-electron chi connectivity index (χ4n) is 1.06. The smallest absolute Gasteiger partial charge is 0.377 e. The van der Waals surface area contributed by atoms with Crippen molar-refractivity contribution in [2.75, 3.05) is 7.11 Å². The summed E-state index contributed by atoms with van der Waals surface area (Å²) in [4.78, 5) is 19.4. The van der Waals surface area contributed by atoms with Crippen LogP contribution in [-0.2, 0) is 11.3 Å². The van der Waals surface area contributed by atoms with Gasteiger partial charge in [-0.15, -0.1) is 5.10 Å². The minimum absolute atomic E-state index is 0.0654. The molecular formula is C8H7ClN4O3S. The molecule has 0 bridgehead atoms. The maximum absolute atomic E-state index is 11.1. The summed E-state index contributed by atoms with van der Waals surface area (Å²) in [6.07, 6.45) is 1.32. The highest BCUT2D eigenvalue weighted by molar-refractivity contribution is 7.14. The van der Waals surface area contributed by atoms with Crippen molar-refractivity contribution in [3.8, 4) is 5.13 Å². The normalized spacial score (nSPS) is 10.5. The first-order chi connectivity index (χ1) is 8.15. The minimum atomic E-state index is -0.631. The van der Waals surface area contributed by atoms with E-state index >= 15 is 0 Å². The van der Waals surface area contributed by atoms with Gasteiger partial charge in [0.1, 0.15) is 11.5 Å². The molecule has 2 aromatic heterocycles. The van der Waals surface area contributed by atoms with E-state index in [2.05, 4.69) is 19.8 Å². The van der Waals surface area contributed by atoms with Gasteiger partial charge in [-0.3, -0.25) is 0 Å². The Labute approximate surface area is 105 Å². The number of esters is 1. The molecule has 0 unspecified atom stereocenters. The number of aliphatic hydroxyl groups excluding tert-OH is 1. The molecule has 2 aromatic rings. The van der Waals surface area contributed by atoms with Crippen molar-refractivity contribution >= 4 is 28.9 Å². The molecule has 0 aliphatic rings. The van der Waals surface area contributed by atoms with E-state index < -0.39 is 5.97 Å². The topological polar surface area (TPSA) is 90.1 Å². The van der Waals surface area contributed by atoms with Crippen molar-refractivity contribution in [3.63, 3.8) is 0 Å². The molecule has 1 N–H and O–H groups in total. The van der Waals surface area contributed by atoms with Gasteiger partial charge in [-0.1, -0.05) is 22.9 Å². The molecule has 0 aromatic carbocycles. The second-order valence-corrected chi connectivity index (χ2v) is 4.29. The zero-order valence-electron chi connectivity index (χ0n) is 8.62. The molecule has 0 saturated carbocycles. The third-order valence-corrected chi connectivity index (χ3v) is 3.29. The molecule has 0 amide bonds. The van der Waals surface area contributed by atoms with Crippen LogP contribution in [0.25, 0.3) is 5.13 Å². The SMILES string of the molecule is COC(=O)c1ncn(-c2nc(Cl)c(CO)s2)n1. The van der Waals surface area contributed by atoms with E-state index in [4.69, 9.17) is 16.7 Å². The lowest BCUT2D eigenvalue weighted by Gasteiger charge is -1.92. The van der Waals surface area contributed by atoms with E-state index in [1.165, 1.54) is 18.1 Å². The highest BCUT2D eigenvalue weighted by Gasteiger charge is 2.15. The predicted octanol–water partition coefficient (Wildman–Crippen LogP) is 0.656. The molecule has 0 spiro atoms. The Morgan fingerprint density at radius 3 is 3.06 bits per heavy atom. The average Bonchev–Trinajstić information content (AvgIpc) is 2.94. The van der Waals surface area contributed by atoms with Gasteiger partial charge in [0.2, 0.25) is 5.13 Å². The summed E-state index contributed by atoms with van der Waals surface area (Å²) in [6, 6.07) is 0. The summed E-state index contributed by atoms with van der Waals surface area (Å²) in [6.45, 7) is -0.199. The van der Waals surface area contributed by atoms with Gasteiger partial charge in [0.25, 0.3) is 5.82 Å². The Bertz CT molecular complexity index is 553. The fourth-order valence-corrected chi connectivity index (χ4v) is 2.10. The number of ether oxygens (including phenoxy) is 1. The number of hydrogen-bond donors (Lipinski definition) is 1. The molecule has 0 saturated heterocycles. The number of methoxy groups -OCH3 is 1. The zero-order chi connectivity index (χ0) is 12.4. The van der Waals surface area contributed by atoms with E-state index in [1.807, 2.05) is 0 Å². The lowest BCUT2D eigenvalue weighted by Crippen LogP contribution is -2.05. The van der Waals surface area contributed by atoms with Crippen LogP contribution in [0.4, 0.5) is 0 Å². The molecule has 0 aliphatic carbocycles. The van der Waals surface area contributed by atoms with E-state index in [0.29, 0.717) is 10.0 Å². The number of nitrogens with zero attached hydrogens (tertiary/aromatic N) is 4. The number of aliphatic hydroxyl groups is 1. The van der Waals surface area contributed by atoms with Crippen LogP contribution in [0.15, 0.2) is 6.33 Å². The molecule has 0 fully saturated rings. The molecule has 0 aliphatic heterocycles. The van der Waals surface area contributed by atoms with Gasteiger partial charge in [0.05, 0.1) is 18.6 Å². The molecule has 2 rings (SSSR count). The first-order valence-corrected chi connectivity index (χ1v) is 5.61. The van der Waals surface area contributed by atoms with Crippen LogP contribution in [0, 0.1) is 0 Å². The Kier molecular flexibility index (Phi) is 3.36. The van der Waals surface area contributed by atoms with E-state index in [9.17, 15) is 4.79 Å². The number of halogens is 1. The van der Waals surface area contributed by atoms with Gasteiger partial charge >= 0.3 is 5.97 Å². The molecule has 17 heavy (non-hydrogen) atoms. The molecule has 9 heteroatoms. The summed E-state index contributed by atoms with van der Waals surface area (Å²) in [5.74, 6) is -0.696. The third-order valence-electron chi connectivity index (χ3n) is 1.84. The van der Waals surface area contributed by atoms with Crippen molar-refractivity contribution in [2.45, 2.75) is 6.61 Å². The van der Waals surface area contributed by atoms with Crippen LogP contribution < -0.4 is 0 Å². The molecule has 0 radical (unpaired) electrons. The molecular weight excluding hydrogens is 268 g/mol. The number of rotatable bonds is 3. The fraction of sp³-hybridized carbons (Fsp3) is 0.250. The zero-order valence-corrected chi connectivity index (χ0v) is 10.2. The minimum Gasteiger partial charge on any atom is -0.463 e. The summed E-state index contributed by atoms with van der Waals surface area (Å²) in [7, 11) is 1.24. The standard InChI is InChI=1S/C8H7ClN4O3S/c1-16-7(15)6-10-3-13(12-6)8-11-5(9)4(2-14)17-8/h3,14H,2H2,1H3.